The van der Waals surface area contributed by atoms with Crippen molar-refractivity contribution >= 4 is 35.5 Å². The average molecular weight is 345 g/mol. The van der Waals surface area contributed by atoms with Crippen molar-refractivity contribution in [2.24, 2.45) is 0 Å². The molecule has 0 N–H and O–H groups in total. The van der Waals surface area contributed by atoms with Crippen LogP contribution in [-0.4, -0.2) is 37.0 Å². The summed E-state index contributed by atoms with van der Waals surface area (Å²) in [4.78, 5) is 0. The van der Waals surface area contributed by atoms with Gasteiger partial charge in [-0.15, -0.1) is 0 Å². The van der Waals surface area contributed by atoms with Gasteiger partial charge < -0.3 is 7.43 Å². The van der Waals surface area contributed by atoms with Crippen LogP contribution in [-0.2, 0) is 14.4 Å². The van der Waals surface area contributed by atoms with Gasteiger partial charge in [0.15, 0.2) is 0 Å². The second kappa shape index (κ2) is 19.4. The fourth-order valence-electron chi connectivity index (χ4n) is 1.56. The summed E-state index contributed by atoms with van der Waals surface area (Å²) in [5.74, 6) is 0. The van der Waals surface area contributed by atoms with Gasteiger partial charge in [0.05, 0.1) is 37.0 Å². The zero-order valence-electron chi connectivity index (χ0n) is 11.4. The Balaban J connectivity index is -0.000000377. The molecule has 0 nitrogen and oxygen atoms in total. The molecule has 0 aromatic heterocycles. The first kappa shape index (κ1) is 23.1. The molecule has 0 aliphatic rings. The van der Waals surface area contributed by atoms with Crippen LogP contribution in [0, 0.1) is 7.43 Å². The van der Waals surface area contributed by atoms with Crippen molar-refractivity contribution in [2.45, 2.75) is 27.7 Å². The van der Waals surface area contributed by atoms with E-state index in [4.69, 9.17) is 19.7 Å². The van der Waals surface area contributed by atoms with E-state index in [0.717, 1.165) is 0 Å². The predicted octanol–water partition coefficient (Wildman–Crippen LogP) is 5.32. The van der Waals surface area contributed by atoms with Crippen LogP contribution in [0.1, 0.15) is 27.7 Å². The molecule has 0 aromatic rings. The van der Waals surface area contributed by atoms with Crippen LogP contribution in [0.4, 0.5) is 0 Å². The first-order valence-corrected chi connectivity index (χ1v) is 13.9. The van der Waals surface area contributed by atoms with Crippen LogP contribution in [0.5, 0.6) is 0 Å². The van der Waals surface area contributed by atoms with Crippen molar-refractivity contribution in [3.63, 3.8) is 0 Å². The van der Waals surface area contributed by atoms with Crippen LogP contribution >= 0.6 is 35.5 Å². The minimum absolute atomic E-state index is 0. The molecule has 0 bridgehead atoms. The summed E-state index contributed by atoms with van der Waals surface area (Å²) in [6.07, 6.45) is 9.17. The van der Waals surface area contributed by atoms with E-state index in [1.165, 1.54) is 24.6 Å². The zero-order chi connectivity index (χ0) is 12.1. The molecule has 5 heteroatoms. The Kier molecular flexibility index (Phi) is 28.0. The van der Waals surface area contributed by atoms with Crippen molar-refractivity contribution in [2.75, 3.05) is 37.0 Å². The summed E-state index contributed by atoms with van der Waals surface area (Å²) in [6.45, 7) is 9.51. The van der Waals surface area contributed by atoms with Crippen LogP contribution in [0.2, 0.25) is 0 Å². The first-order chi connectivity index (χ1) is 7.19. The normalized spacial score (nSPS) is 9.50. The Hall–Kier alpha value is 2.02. The number of hydrogen-bond acceptors (Lipinski definition) is 0. The molecule has 101 valence electrons. The average Bonchev–Trinajstić information content (AvgIpc) is 2.26. The van der Waals surface area contributed by atoms with E-state index >= 15 is 0 Å². The molecule has 0 atom stereocenters. The fraction of sp³-hybridized carbons (Fsp3) is 0.909. The molecule has 0 radical (unpaired) electrons. The fourth-order valence-corrected chi connectivity index (χ4v) is 6.80. The minimum atomic E-state index is -0.368. The molecule has 16 heavy (non-hydrogen) atoms. The predicted molar refractivity (Wildman–Crippen MR) is 86.6 cm³/mol. The molecule has 0 saturated heterocycles. The van der Waals surface area contributed by atoms with Crippen LogP contribution in [0.15, 0.2) is 0 Å². The van der Waals surface area contributed by atoms with Gasteiger partial charge in [-0.2, -0.15) is 0 Å². The maximum atomic E-state index is 4.86. The quantitative estimate of drug-likeness (QED) is 0.433. The summed E-state index contributed by atoms with van der Waals surface area (Å²) in [5.41, 5.74) is 0. The summed E-state index contributed by atoms with van der Waals surface area (Å²) >= 11 is -0.368. The molecule has 0 spiro atoms. The molecule has 0 rings (SSSR count). The Morgan fingerprint density at radius 1 is 0.750 bits per heavy atom. The molecule has 0 fully saturated rings. The van der Waals surface area contributed by atoms with E-state index in [9.17, 15) is 0 Å². The van der Waals surface area contributed by atoms with E-state index < -0.39 is 0 Å². The van der Waals surface area contributed by atoms with Crippen molar-refractivity contribution in [1.29, 1.82) is 0 Å². The number of rotatable bonds is 7. The monoisotopic (exact) mass is 344 g/mol. The van der Waals surface area contributed by atoms with E-state index in [0.29, 0.717) is 0 Å². The van der Waals surface area contributed by atoms with E-state index in [-0.39, 0.29) is 37.6 Å². The molecule has 0 amide bonds. The topological polar surface area (TPSA) is 0 Å². The Morgan fingerprint density at radius 2 is 0.938 bits per heavy atom. The third kappa shape index (κ3) is 16.0. The van der Waals surface area contributed by atoms with Gasteiger partial charge in [-0.25, -0.2) is 0 Å². The van der Waals surface area contributed by atoms with Crippen LogP contribution in [0.25, 0.3) is 0 Å². The molecule has 0 heterocycles. The van der Waals surface area contributed by atoms with E-state index in [1.807, 2.05) is 0 Å². The second-order valence-electron chi connectivity index (χ2n) is 3.48. The molecular weight excluding hydrogens is 316 g/mol. The van der Waals surface area contributed by atoms with E-state index in [2.05, 4.69) is 27.7 Å². The Bertz CT molecular complexity index is 98.2. The number of halogens is 2. The molecule has 0 saturated carbocycles. The third-order valence-corrected chi connectivity index (χ3v) is 9.25. The molecular formula is C11H29Cl2P2V+. The molecule has 0 unspecified atom stereocenters. The third-order valence-electron chi connectivity index (χ3n) is 2.83. The Labute approximate surface area is 121 Å². The van der Waals surface area contributed by atoms with Gasteiger partial charge in [-0.05, 0) is 27.7 Å². The van der Waals surface area contributed by atoms with Gasteiger partial charge in [-0.3, -0.25) is 0 Å². The molecule has 0 aromatic carbocycles. The van der Waals surface area contributed by atoms with Crippen molar-refractivity contribution in [3.05, 3.63) is 7.43 Å². The van der Waals surface area contributed by atoms with Gasteiger partial charge in [0.1, 0.15) is 0 Å². The van der Waals surface area contributed by atoms with Crippen molar-refractivity contribution < 1.29 is 14.4 Å². The number of hydrogen-bond donors (Lipinski definition) is 0. The zero-order valence-corrected chi connectivity index (χ0v) is 16.4. The molecule has 0 aliphatic carbocycles. The van der Waals surface area contributed by atoms with Gasteiger partial charge in [0, 0.05) is 15.8 Å². The summed E-state index contributed by atoms with van der Waals surface area (Å²) in [7, 11) is 9.89. The van der Waals surface area contributed by atoms with Gasteiger partial charge >= 0.3 is 34.1 Å². The summed E-state index contributed by atoms with van der Waals surface area (Å²) in [6, 6.07) is 0. The SMILES string of the molecule is CC[PH+](CC)CC[PH+](CC)CC.[CH3-].[Cl][V][Cl]. The summed E-state index contributed by atoms with van der Waals surface area (Å²) in [5, 5.41) is 0. The first-order valence-electron chi connectivity index (χ1n) is 5.79. The maximum absolute atomic E-state index is 4.86. The van der Waals surface area contributed by atoms with Gasteiger partial charge in [0.2, 0.25) is 0 Å². The van der Waals surface area contributed by atoms with Crippen LogP contribution < -0.4 is 0 Å². The van der Waals surface area contributed by atoms with Crippen LogP contribution in [0.3, 0.4) is 0 Å². The standard InChI is InChI=1S/C10H24P2.CH3.2ClH.V/c1-5-11(6-2)9-10-12(7-3)8-4;;;;/h5-10H2,1-4H3;1H3;2*1H;/q;-1;;;+2. The Morgan fingerprint density at radius 3 is 1.06 bits per heavy atom. The summed E-state index contributed by atoms with van der Waals surface area (Å²) < 4.78 is 0. The van der Waals surface area contributed by atoms with Crippen molar-refractivity contribution in [3.8, 4) is 0 Å². The van der Waals surface area contributed by atoms with Gasteiger partial charge in [0.25, 0.3) is 0 Å². The van der Waals surface area contributed by atoms with E-state index in [1.54, 1.807) is 12.3 Å². The second-order valence-corrected chi connectivity index (χ2v) is 12.6. The van der Waals surface area contributed by atoms with Crippen molar-refractivity contribution in [1.82, 2.24) is 0 Å². The van der Waals surface area contributed by atoms with Gasteiger partial charge in [-0.1, -0.05) is 0 Å². The molecule has 0 aliphatic heterocycles.